The highest BCUT2D eigenvalue weighted by atomic mass is 32.1. The first-order chi connectivity index (χ1) is 16.6. The van der Waals surface area contributed by atoms with Crippen molar-refractivity contribution in [3.8, 4) is 5.19 Å². The van der Waals surface area contributed by atoms with Crippen molar-refractivity contribution in [2.75, 3.05) is 26.2 Å². The molecule has 1 aliphatic heterocycles. The van der Waals surface area contributed by atoms with Gasteiger partial charge in [-0.1, -0.05) is 11.3 Å². The summed E-state index contributed by atoms with van der Waals surface area (Å²) >= 11 is 1.16. The van der Waals surface area contributed by atoms with E-state index in [1.807, 2.05) is 0 Å². The summed E-state index contributed by atoms with van der Waals surface area (Å²) in [6.07, 6.45) is 0.953. The molecule has 0 unspecified atom stereocenters. The molecular formula is C23H30F4N4O3S. The number of carbonyl (C=O) groups excluding carboxylic acids is 1. The topological polar surface area (TPSA) is 80.5 Å². The van der Waals surface area contributed by atoms with E-state index < -0.39 is 18.5 Å². The smallest absolute Gasteiger partial charge is 0.422 e. The molecule has 1 N–H and O–H groups in total. The van der Waals surface area contributed by atoms with E-state index in [0.717, 1.165) is 21.9 Å². The Morgan fingerprint density at radius 3 is 2.74 bits per heavy atom. The van der Waals surface area contributed by atoms with Crippen LogP contribution >= 0.6 is 11.3 Å². The number of aromatic nitrogens is 2. The number of nitrogens with one attached hydrogen (secondary N) is 1. The molecule has 1 saturated carbocycles. The fourth-order valence-corrected chi connectivity index (χ4v) is 5.55. The lowest BCUT2D eigenvalue weighted by Crippen LogP contribution is -2.43. The predicted molar refractivity (Wildman–Crippen MR) is 121 cm³/mol. The minimum Gasteiger partial charge on any atom is -0.460 e. The second kappa shape index (κ2) is 10.8. The SMILES string of the molecule is Cc1cnc(CC(=O)N[C@H]2CC[C@](F)(CCN3CCc4nc(OCC(F)(F)F)sc4CC3)CC2)o1. The van der Waals surface area contributed by atoms with Crippen LogP contribution in [0.5, 0.6) is 5.19 Å². The van der Waals surface area contributed by atoms with E-state index >= 15 is 4.39 Å². The highest BCUT2D eigenvalue weighted by Crippen LogP contribution is 2.36. The molecule has 2 aliphatic rings. The highest BCUT2D eigenvalue weighted by Gasteiger charge is 2.36. The van der Waals surface area contributed by atoms with Gasteiger partial charge in [0, 0.05) is 37.0 Å². The summed E-state index contributed by atoms with van der Waals surface area (Å²) in [6, 6.07) is -0.0450. The van der Waals surface area contributed by atoms with E-state index in [4.69, 9.17) is 9.15 Å². The second-order valence-electron chi connectivity index (χ2n) is 9.38. The number of rotatable bonds is 8. The number of hydrogen-bond acceptors (Lipinski definition) is 7. The number of hydrogen-bond donors (Lipinski definition) is 1. The molecule has 1 fully saturated rings. The highest BCUT2D eigenvalue weighted by molar-refractivity contribution is 7.13. The maximum absolute atomic E-state index is 15.4. The molecule has 35 heavy (non-hydrogen) atoms. The Kier molecular flexibility index (Phi) is 7.99. The molecule has 0 atom stereocenters. The lowest BCUT2D eigenvalue weighted by atomic mass is 9.81. The van der Waals surface area contributed by atoms with Crippen molar-refractivity contribution in [2.24, 2.45) is 0 Å². The Bertz CT molecular complexity index is 976. The van der Waals surface area contributed by atoms with E-state index in [2.05, 4.69) is 20.2 Å². The van der Waals surface area contributed by atoms with E-state index in [-0.39, 0.29) is 23.6 Å². The average molecular weight is 519 g/mol. The normalized spacial score (nSPS) is 23.5. The third-order valence-electron chi connectivity index (χ3n) is 6.54. The van der Waals surface area contributed by atoms with Gasteiger partial charge < -0.3 is 19.4 Å². The third-order valence-corrected chi connectivity index (χ3v) is 7.61. The number of ether oxygens (including phenoxy) is 1. The quantitative estimate of drug-likeness (QED) is 0.528. The number of nitrogens with zero attached hydrogens (tertiary/aromatic N) is 3. The minimum atomic E-state index is -4.39. The molecule has 0 bridgehead atoms. The van der Waals surface area contributed by atoms with Gasteiger partial charge in [-0.2, -0.15) is 13.2 Å². The number of oxazole rings is 1. The largest absolute Gasteiger partial charge is 0.460 e. The molecule has 1 aliphatic carbocycles. The summed E-state index contributed by atoms with van der Waals surface area (Å²) in [5.41, 5.74) is -0.477. The maximum Gasteiger partial charge on any atom is 0.422 e. The van der Waals surface area contributed by atoms with Crippen molar-refractivity contribution in [3.63, 3.8) is 0 Å². The number of thiazole rings is 1. The van der Waals surface area contributed by atoms with Crippen molar-refractivity contribution in [1.29, 1.82) is 0 Å². The molecule has 12 heteroatoms. The molecule has 0 saturated heterocycles. The first-order valence-corrected chi connectivity index (χ1v) is 12.7. The molecule has 7 nitrogen and oxygen atoms in total. The van der Waals surface area contributed by atoms with Gasteiger partial charge in [0.2, 0.25) is 11.8 Å². The third kappa shape index (κ3) is 7.63. The van der Waals surface area contributed by atoms with Gasteiger partial charge in [0.1, 0.15) is 17.8 Å². The van der Waals surface area contributed by atoms with Gasteiger partial charge in [-0.25, -0.2) is 14.4 Å². The fourth-order valence-electron chi connectivity index (χ4n) is 4.60. The summed E-state index contributed by atoms with van der Waals surface area (Å²) in [4.78, 5) is 23.6. The van der Waals surface area contributed by atoms with Gasteiger partial charge in [0.15, 0.2) is 6.61 Å². The number of alkyl halides is 4. The summed E-state index contributed by atoms with van der Waals surface area (Å²) in [5.74, 6) is 0.868. The van der Waals surface area contributed by atoms with Crippen LogP contribution < -0.4 is 10.1 Å². The van der Waals surface area contributed by atoms with Crippen LogP contribution in [0.1, 0.15) is 54.3 Å². The van der Waals surface area contributed by atoms with E-state index in [9.17, 15) is 18.0 Å². The Morgan fingerprint density at radius 2 is 2.06 bits per heavy atom. The van der Waals surface area contributed by atoms with Gasteiger partial charge in [0.05, 0.1) is 11.9 Å². The number of amides is 1. The van der Waals surface area contributed by atoms with Crippen molar-refractivity contribution < 1.29 is 31.5 Å². The molecule has 2 aromatic rings. The molecule has 0 aromatic carbocycles. The number of fused-ring (bicyclic) bond motifs is 1. The van der Waals surface area contributed by atoms with E-state index in [1.165, 1.54) is 0 Å². The zero-order valence-electron chi connectivity index (χ0n) is 19.6. The van der Waals surface area contributed by atoms with Crippen molar-refractivity contribution >= 4 is 17.2 Å². The van der Waals surface area contributed by atoms with Crippen molar-refractivity contribution in [3.05, 3.63) is 28.4 Å². The average Bonchev–Trinajstić information content (AvgIpc) is 3.33. The lowest BCUT2D eigenvalue weighted by molar-refractivity contribution is -0.153. The van der Waals surface area contributed by atoms with Crippen molar-refractivity contribution in [2.45, 2.75) is 76.2 Å². The van der Waals surface area contributed by atoms with Crippen LogP contribution in [0.15, 0.2) is 10.6 Å². The Labute approximate surface area is 205 Å². The monoisotopic (exact) mass is 518 g/mol. The minimum absolute atomic E-state index is 0.0450. The van der Waals surface area contributed by atoms with Crippen LogP contribution in [0.4, 0.5) is 17.6 Å². The van der Waals surface area contributed by atoms with Crippen molar-refractivity contribution in [1.82, 2.24) is 20.2 Å². The zero-order chi connectivity index (χ0) is 25.1. The first-order valence-electron chi connectivity index (χ1n) is 11.9. The maximum atomic E-state index is 15.4. The molecule has 0 radical (unpaired) electrons. The van der Waals surface area contributed by atoms with Crippen LogP contribution in [-0.2, 0) is 24.1 Å². The van der Waals surface area contributed by atoms with Crippen LogP contribution in [0.3, 0.4) is 0 Å². The molecule has 194 valence electrons. The number of aryl methyl sites for hydroxylation is 1. The molecule has 3 heterocycles. The molecule has 4 rings (SSSR count). The van der Waals surface area contributed by atoms with Gasteiger partial charge in [-0.3, -0.25) is 4.79 Å². The zero-order valence-corrected chi connectivity index (χ0v) is 20.4. The summed E-state index contributed by atoms with van der Waals surface area (Å²) in [7, 11) is 0. The molecular weight excluding hydrogens is 488 g/mol. The Morgan fingerprint density at radius 1 is 1.31 bits per heavy atom. The molecule has 1 amide bonds. The number of carbonyl (C=O) groups is 1. The Balaban J connectivity index is 1.17. The number of halogens is 4. The van der Waals surface area contributed by atoms with Gasteiger partial charge >= 0.3 is 6.18 Å². The fraction of sp³-hybridized carbons (Fsp3) is 0.696. The summed E-state index contributed by atoms with van der Waals surface area (Å²) < 4.78 is 62.6. The van der Waals surface area contributed by atoms with Crippen LogP contribution in [0.2, 0.25) is 0 Å². The summed E-state index contributed by atoms with van der Waals surface area (Å²) in [6.45, 7) is 2.44. The van der Waals surface area contributed by atoms with Gasteiger partial charge in [0.25, 0.3) is 5.19 Å². The standard InChI is InChI=1S/C23H30F4N4O3S/c1-15-13-28-20(34-15)12-19(32)29-16-2-6-22(24,7-3-16)8-11-31-9-4-17-18(5-10-31)35-21(30-17)33-14-23(25,26)27/h13,16H,2-12,14H2,1H3,(H,29,32)/t16-,22+. The van der Waals surface area contributed by atoms with E-state index in [1.54, 1.807) is 13.1 Å². The van der Waals surface area contributed by atoms with E-state index in [0.29, 0.717) is 76.2 Å². The first kappa shape index (κ1) is 25.9. The lowest BCUT2D eigenvalue weighted by Gasteiger charge is -2.35. The van der Waals surface area contributed by atoms with Gasteiger partial charge in [-0.15, -0.1) is 0 Å². The molecule has 0 spiro atoms. The Hall–Kier alpha value is -2.21. The second-order valence-corrected chi connectivity index (χ2v) is 10.4. The van der Waals surface area contributed by atoms with Crippen LogP contribution in [0.25, 0.3) is 0 Å². The van der Waals surface area contributed by atoms with Crippen LogP contribution in [-0.4, -0.2) is 64.9 Å². The van der Waals surface area contributed by atoms with Crippen LogP contribution in [0, 0.1) is 6.92 Å². The summed E-state index contributed by atoms with van der Waals surface area (Å²) in [5, 5.41) is 3.02. The van der Waals surface area contributed by atoms with Gasteiger partial charge in [-0.05, 0) is 45.4 Å². The molecule has 2 aromatic heterocycles. The predicted octanol–water partition coefficient (Wildman–Crippen LogP) is 4.18.